The van der Waals surface area contributed by atoms with Crippen molar-refractivity contribution in [3.05, 3.63) is 16.1 Å². The van der Waals surface area contributed by atoms with E-state index >= 15 is 0 Å². The summed E-state index contributed by atoms with van der Waals surface area (Å²) in [6, 6.07) is 0. The highest BCUT2D eigenvalue weighted by Gasteiger charge is 2.09. The second kappa shape index (κ2) is 9.88. The van der Waals surface area contributed by atoms with E-state index in [2.05, 4.69) is 51.7 Å². The summed E-state index contributed by atoms with van der Waals surface area (Å²) < 4.78 is 0. The molecule has 1 fully saturated rings. The van der Waals surface area contributed by atoms with E-state index in [4.69, 9.17) is 0 Å². The molecule has 2 N–H and O–H groups in total. The summed E-state index contributed by atoms with van der Waals surface area (Å²) in [5.41, 5.74) is 1.17. The smallest absolute Gasteiger partial charge is 0.191 e. The molecule has 23 heavy (non-hydrogen) atoms. The van der Waals surface area contributed by atoms with E-state index in [1.54, 1.807) is 11.3 Å². The zero-order valence-corrected chi connectivity index (χ0v) is 15.6. The standard InChI is InChI=1S/C17H31N5S/c1-4-18-17(19-8-11-22-9-6-5-7-10-22)20-12-16-21-15(13-23-16)14(2)3/h13-14H,4-12H2,1-3H3,(H2,18,19,20). The van der Waals surface area contributed by atoms with Crippen LogP contribution in [0.25, 0.3) is 0 Å². The quantitative estimate of drug-likeness (QED) is 0.593. The van der Waals surface area contributed by atoms with Crippen LogP contribution in [0, 0.1) is 0 Å². The number of thiazole rings is 1. The summed E-state index contributed by atoms with van der Waals surface area (Å²) in [5.74, 6) is 1.38. The normalized spacial score (nSPS) is 16.8. The maximum absolute atomic E-state index is 4.66. The first-order chi connectivity index (χ1) is 11.2. The molecular weight excluding hydrogens is 306 g/mol. The Morgan fingerprint density at radius 1 is 1.30 bits per heavy atom. The number of likely N-dealkylation sites (tertiary alicyclic amines) is 1. The molecule has 0 aliphatic carbocycles. The molecule has 0 bridgehead atoms. The van der Waals surface area contributed by atoms with Crippen molar-refractivity contribution in [3.8, 4) is 0 Å². The molecular formula is C17H31N5S. The molecule has 2 rings (SSSR count). The number of hydrogen-bond acceptors (Lipinski definition) is 4. The topological polar surface area (TPSA) is 52.6 Å². The molecule has 5 nitrogen and oxygen atoms in total. The molecule has 1 aromatic rings. The molecule has 6 heteroatoms. The van der Waals surface area contributed by atoms with Crippen LogP contribution < -0.4 is 10.6 Å². The first-order valence-electron chi connectivity index (χ1n) is 8.88. The van der Waals surface area contributed by atoms with Gasteiger partial charge in [0.15, 0.2) is 5.96 Å². The molecule has 0 saturated carbocycles. The molecule has 1 saturated heterocycles. The Balaban J connectivity index is 1.78. The van der Waals surface area contributed by atoms with Crippen LogP contribution >= 0.6 is 11.3 Å². The van der Waals surface area contributed by atoms with Crippen LogP contribution in [0.15, 0.2) is 10.4 Å². The van der Waals surface area contributed by atoms with E-state index in [9.17, 15) is 0 Å². The molecule has 0 amide bonds. The highest BCUT2D eigenvalue weighted by atomic mass is 32.1. The Morgan fingerprint density at radius 2 is 2.09 bits per heavy atom. The minimum absolute atomic E-state index is 0.486. The number of piperidine rings is 1. The maximum atomic E-state index is 4.66. The summed E-state index contributed by atoms with van der Waals surface area (Å²) in [7, 11) is 0. The van der Waals surface area contributed by atoms with Crippen LogP contribution in [0.5, 0.6) is 0 Å². The van der Waals surface area contributed by atoms with Crippen LogP contribution in [-0.2, 0) is 6.54 Å². The van der Waals surface area contributed by atoms with Crippen molar-refractivity contribution in [2.75, 3.05) is 32.7 Å². The largest absolute Gasteiger partial charge is 0.357 e. The number of nitrogens with one attached hydrogen (secondary N) is 2. The molecule has 1 aromatic heterocycles. The SMILES string of the molecule is CCNC(=NCc1nc(C(C)C)cs1)NCCN1CCCCC1. The van der Waals surface area contributed by atoms with Crippen molar-refractivity contribution < 1.29 is 0 Å². The number of aliphatic imine (C=N–C) groups is 1. The van der Waals surface area contributed by atoms with Crippen molar-refractivity contribution in [2.24, 2.45) is 4.99 Å². The van der Waals surface area contributed by atoms with Gasteiger partial charge in [-0.25, -0.2) is 9.98 Å². The molecule has 0 aromatic carbocycles. The summed E-state index contributed by atoms with van der Waals surface area (Å²) in [4.78, 5) is 11.8. The molecule has 1 aliphatic rings. The van der Waals surface area contributed by atoms with Gasteiger partial charge in [-0.2, -0.15) is 0 Å². The van der Waals surface area contributed by atoms with Crippen LogP contribution in [0.4, 0.5) is 0 Å². The zero-order valence-electron chi connectivity index (χ0n) is 14.8. The third-order valence-electron chi connectivity index (χ3n) is 4.05. The number of hydrogen-bond donors (Lipinski definition) is 2. The summed E-state index contributed by atoms with van der Waals surface area (Å²) in [6.07, 6.45) is 4.08. The Labute approximate surface area is 144 Å². The summed E-state index contributed by atoms with van der Waals surface area (Å²) in [5, 5.41) is 9.99. The van der Waals surface area contributed by atoms with Crippen LogP contribution in [0.1, 0.15) is 56.7 Å². The van der Waals surface area contributed by atoms with Gasteiger partial charge < -0.3 is 15.5 Å². The molecule has 130 valence electrons. The fourth-order valence-electron chi connectivity index (χ4n) is 2.67. The predicted octanol–water partition coefficient (Wildman–Crippen LogP) is 2.81. The monoisotopic (exact) mass is 337 g/mol. The fraction of sp³-hybridized carbons (Fsp3) is 0.765. The van der Waals surface area contributed by atoms with E-state index in [-0.39, 0.29) is 0 Å². The van der Waals surface area contributed by atoms with Gasteiger partial charge in [0.2, 0.25) is 0 Å². The lowest BCUT2D eigenvalue weighted by Gasteiger charge is -2.26. The van der Waals surface area contributed by atoms with Gasteiger partial charge in [-0.1, -0.05) is 20.3 Å². The number of aromatic nitrogens is 1. The Bertz CT molecular complexity index is 477. The van der Waals surface area contributed by atoms with Crippen LogP contribution in [0.2, 0.25) is 0 Å². The Hall–Kier alpha value is -1.14. The van der Waals surface area contributed by atoms with Gasteiger partial charge in [-0.05, 0) is 38.8 Å². The van der Waals surface area contributed by atoms with Gasteiger partial charge in [0.1, 0.15) is 5.01 Å². The second-order valence-electron chi connectivity index (χ2n) is 6.35. The lowest BCUT2D eigenvalue weighted by molar-refractivity contribution is 0.232. The summed E-state index contributed by atoms with van der Waals surface area (Å²) >= 11 is 1.70. The highest BCUT2D eigenvalue weighted by Crippen LogP contribution is 2.18. The third kappa shape index (κ3) is 6.47. The number of rotatable bonds is 7. The van der Waals surface area contributed by atoms with Gasteiger partial charge in [-0.15, -0.1) is 11.3 Å². The molecule has 0 radical (unpaired) electrons. The molecule has 1 aliphatic heterocycles. The minimum Gasteiger partial charge on any atom is -0.357 e. The second-order valence-corrected chi connectivity index (χ2v) is 7.29. The van der Waals surface area contributed by atoms with Crippen LogP contribution in [0.3, 0.4) is 0 Å². The van der Waals surface area contributed by atoms with Gasteiger partial charge in [0.05, 0.1) is 12.2 Å². The highest BCUT2D eigenvalue weighted by molar-refractivity contribution is 7.09. The molecule has 0 unspecified atom stereocenters. The summed E-state index contributed by atoms with van der Waals surface area (Å²) in [6.45, 7) is 12.5. The van der Waals surface area contributed by atoms with E-state index in [1.165, 1.54) is 38.0 Å². The number of guanidine groups is 1. The Morgan fingerprint density at radius 3 is 2.74 bits per heavy atom. The fourth-order valence-corrected chi connectivity index (χ4v) is 3.55. The lowest BCUT2D eigenvalue weighted by atomic mass is 10.1. The van der Waals surface area contributed by atoms with Crippen molar-refractivity contribution in [1.82, 2.24) is 20.5 Å². The first-order valence-corrected chi connectivity index (χ1v) is 9.76. The first kappa shape index (κ1) is 18.2. The lowest BCUT2D eigenvalue weighted by Crippen LogP contribution is -2.42. The molecule has 0 atom stereocenters. The van der Waals surface area contributed by atoms with Crippen molar-refractivity contribution >= 4 is 17.3 Å². The zero-order chi connectivity index (χ0) is 16.5. The van der Waals surface area contributed by atoms with Crippen molar-refractivity contribution in [1.29, 1.82) is 0 Å². The van der Waals surface area contributed by atoms with E-state index < -0.39 is 0 Å². The molecule has 2 heterocycles. The van der Waals surface area contributed by atoms with Gasteiger partial charge in [-0.3, -0.25) is 0 Å². The van der Waals surface area contributed by atoms with Gasteiger partial charge in [0.25, 0.3) is 0 Å². The van der Waals surface area contributed by atoms with Crippen LogP contribution in [-0.4, -0.2) is 48.6 Å². The average Bonchev–Trinajstić information content (AvgIpc) is 3.03. The minimum atomic E-state index is 0.486. The maximum Gasteiger partial charge on any atom is 0.191 e. The van der Waals surface area contributed by atoms with E-state index in [1.807, 2.05) is 0 Å². The van der Waals surface area contributed by atoms with Gasteiger partial charge >= 0.3 is 0 Å². The van der Waals surface area contributed by atoms with E-state index in [0.29, 0.717) is 12.5 Å². The average molecular weight is 338 g/mol. The van der Waals surface area contributed by atoms with Crippen molar-refractivity contribution in [3.63, 3.8) is 0 Å². The molecule has 0 spiro atoms. The Kier molecular flexibility index (Phi) is 7.82. The predicted molar refractivity (Wildman–Crippen MR) is 99.3 cm³/mol. The van der Waals surface area contributed by atoms with Crippen molar-refractivity contribution in [2.45, 2.75) is 52.5 Å². The third-order valence-corrected chi connectivity index (χ3v) is 4.90. The number of nitrogens with zero attached hydrogens (tertiary/aromatic N) is 3. The van der Waals surface area contributed by atoms with E-state index in [0.717, 1.165) is 30.6 Å². The van der Waals surface area contributed by atoms with Gasteiger partial charge in [0, 0.05) is 25.0 Å².